The third-order valence-corrected chi connectivity index (χ3v) is 8.24. The molecule has 1 aliphatic heterocycles. The topological polar surface area (TPSA) is 106 Å². The average molecular weight is 634 g/mol. The minimum atomic E-state index is -1.49. The fraction of sp³-hybridized carbons (Fsp3) is 0.545. The van der Waals surface area contributed by atoms with Gasteiger partial charge in [-0.05, 0) is 82.3 Å². The number of esters is 1. The highest BCUT2D eigenvalue weighted by Crippen LogP contribution is 2.46. The molecule has 1 amide bonds. The van der Waals surface area contributed by atoms with Crippen molar-refractivity contribution in [1.29, 1.82) is 0 Å². The first kappa shape index (κ1) is 33.1. The summed E-state index contributed by atoms with van der Waals surface area (Å²) in [5, 5.41) is 13.0. The summed E-state index contributed by atoms with van der Waals surface area (Å²) in [7, 11) is 0. The van der Waals surface area contributed by atoms with Gasteiger partial charge in [0, 0.05) is 47.2 Å². The second kappa shape index (κ2) is 14.8. The minimum absolute atomic E-state index is 0.0472. The molecule has 1 saturated carbocycles. The first-order valence-corrected chi connectivity index (χ1v) is 15.8. The number of benzene rings is 2. The van der Waals surface area contributed by atoms with E-state index in [1.807, 2.05) is 0 Å². The van der Waals surface area contributed by atoms with Crippen molar-refractivity contribution in [2.75, 3.05) is 19.8 Å². The van der Waals surface area contributed by atoms with Crippen molar-refractivity contribution < 1.29 is 28.9 Å². The van der Waals surface area contributed by atoms with Crippen LogP contribution in [0, 0.1) is 5.92 Å². The van der Waals surface area contributed by atoms with Crippen LogP contribution in [0.4, 0.5) is 0 Å². The second-order valence-corrected chi connectivity index (χ2v) is 13.1. The molecule has 2 N–H and O–H groups in total. The number of ether oxygens (including phenoxy) is 3. The van der Waals surface area contributed by atoms with Crippen molar-refractivity contribution in [3.63, 3.8) is 0 Å². The molecule has 10 heteroatoms. The molecular weight excluding hydrogens is 591 g/mol. The molecule has 0 unspecified atom stereocenters. The Bertz CT molecular complexity index is 1290. The SMILES string of the molecule is CC(C)(C)OC(=O)CC[C@@]1(C(=O)NCC2CCCCC2)N=C(c2ccc(OCCCO)cc2)O[C@@H]1c1ccc(Cl)cc1Cl. The lowest BCUT2D eigenvalue weighted by atomic mass is 9.82. The summed E-state index contributed by atoms with van der Waals surface area (Å²) in [6.07, 6.45) is 5.26. The summed E-state index contributed by atoms with van der Waals surface area (Å²) in [4.78, 5) is 32.2. The van der Waals surface area contributed by atoms with Crippen LogP contribution in [-0.4, -0.2) is 53.8 Å². The second-order valence-electron chi connectivity index (χ2n) is 12.3. The summed E-state index contributed by atoms with van der Waals surface area (Å²) in [6.45, 7) is 6.38. The van der Waals surface area contributed by atoms with E-state index in [1.165, 1.54) is 6.42 Å². The summed E-state index contributed by atoms with van der Waals surface area (Å²) in [5.74, 6) is 0.532. The zero-order valence-corrected chi connectivity index (χ0v) is 26.7. The number of amides is 1. The van der Waals surface area contributed by atoms with Gasteiger partial charge in [0.05, 0.1) is 6.61 Å². The highest BCUT2D eigenvalue weighted by Gasteiger charge is 2.54. The summed E-state index contributed by atoms with van der Waals surface area (Å²) < 4.78 is 17.7. The average Bonchev–Trinajstić information content (AvgIpc) is 3.35. The van der Waals surface area contributed by atoms with Crippen LogP contribution < -0.4 is 10.1 Å². The maximum Gasteiger partial charge on any atom is 0.306 e. The molecule has 234 valence electrons. The molecule has 0 aromatic heterocycles. The largest absolute Gasteiger partial charge is 0.494 e. The number of rotatable bonds is 12. The van der Waals surface area contributed by atoms with Gasteiger partial charge < -0.3 is 24.6 Å². The van der Waals surface area contributed by atoms with Crippen LogP contribution in [0.25, 0.3) is 0 Å². The fourth-order valence-electron chi connectivity index (χ4n) is 5.53. The van der Waals surface area contributed by atoms with Crippen molar-refractivity contribution in [2.45, 2.75) is 89.4 Å². The molecule has 2 atom stereocenters. The van der Waals surface area contributed by atoms with Crippen molar-refractivity contribution in [2.24, 2.45) is 10.9 Å². The Balaban J connectivity index is 1.71. The van der Waals surface area contributed by atoms with Crippen molar-refractivity contribution in [3.05, 3.63) is 63.6 Å². The van der Waals surface area contributed by atoms with E-state index in [4.69, 9.17) is 47.5 Å². The molecule has 0 radical (unpaired) electrons. The van der Waals surface area contributed by atoms with E-state index in [1.54, 1.807) is 63.2 Å². The third kappa shape index (κ3) is 8.87. The third-order valence-electron chi connectivity index (χ3n) is 7.68. The Labute approximate surface area is 264 Å². The van der Waals surface area contributed by atoms with Gasteiger partial charge in [0.15, 0.2) is 11.6 Å². The predicted octanol–water partition coefficient (Wildman–Crippen LogP) is 6.83. The predicted molar refractivity (Wildman–Crippen MR) is 168 cm³/mol. The molecule has 8 nitrogen and oxygen atoms in total. The van der Waals surface area contributed by atoms with Crippen molar-refractivity contribution in [3.8, 4) is 5.75 Å². The smallest absolute Gasteiger partial charge is 0.306 e. The minimum Gasteiger partial charge on any atom is -0.494 e. The number of aliphatic imine (C=N–C) groups is 1. The molecule has 0 saturated heterocycles. The molecule has 2 aromatic rings. The zero-order chi connectivity index (χ0) is 31.0. The number of aliphatic hydroxyl groups excluding tert-OH is 1. The molecule has 1 heterocycles. The van der Waals surface area contributed by atoms with Crippen molar-refractivity contribution in [1.82, 2.24) is 5.32 Å². The quantitative estimate of drug-likeness (QED) is 0.196. The van der Waals surface area contributed by atoms with Crippen LogP contribution in [-0.2, 0) is 19.1 Å². The van der Waals surface area contributed by atoms with Gasteiger partial charge in [-0.25, -0.2) is 4.99 Å². The van der Waals surface area contributed by atoms with Crippen LogP contribution in [0.5, 0.6) is 5.75 Å². The van der Waals surface area contributed by atoms with Crippen molar-refractivity contribution >= 4 is 41.0 Å². The molecule has 4 rings (SSSR count). The van der Waals surface area contributed by atoms with Gasteiger partial charge in [0.25, 0.3) is 5.91 Å². The van der Waals surface area contributed by atoms with Gasteiger partial charge in [0.1, 0.15) is 11.4 Å². The van der Waals surface area contributed by atoms with Crippen LogP contribution in [0.2, 0.25) is 10.0 Å². The van der Waals surface area contributed by atoms with E-state index >= 15 is 0 Å². The maximum atomic E-state index is 14.3. The Hall–Kier alpha value is -2.81. The first-order valence-electron chi connectivity index (χ1n) is 15.1. The van der Waals surface area contributed by atoms with Crippen LogP contribution in [0.15, 0.2) is 47.5 Å². The van der Waals surface area contributed by atoms with Crippen LogP contribution >= 0.6 is 23.2 Å². The number of aliphatic hydroxyl groups is 1. The van der Waals surface area contributed by atoms with E-state index in [9.17, 15) is 9.59 Å². The number of carbonyl (C=O) groups excluding carboxylic acids is 2. The lowest BCUT2D eigenvalue weighted by molar-refractivity contribution is -0.155. The highest BCUT2D eigenvalue weighted by atomic mass is 35.5. The lowest BCUT2D eigenvalue weighted by Crippen LogP contribution is -2.50. The molecule has 1 fully saturated rings. The molecule has 0 spiro atoms. The maximum absolute atomic E-state index is 14.3. The monoisotopic (exact) mass is 632 g/mol. The molecule has 2 aliphatic rings. The molecular formula is C33H42Cl2N2O6. The Morgan fingerprint density at radius 3 is 2.47 bits per heavy atom. The number of nitrogens with zero attached hydrogens (tertiary/aromatic N) is 1. The number of hydrogen-bond donors (Lipinski definition) is 2. The van der Waals surface area contributed by atoms with Gasteiger partial charge in [0.2, 0.25) is 5.90 Å². The highest BCUT2D eigenvalue weighted by molar-refractivity contribution is 6.35. The van der Waals surface area contributed by atoms with E-state index in [2.05, 4.69) is 5.32 Å². The number of nitrogens with one attached hydrogen (secondary N) is 1. The van der Waals surface area contributed by atoms with Gasteiger partial charge in [-0.2, -0.15) is 0 Å². The molecule has 43 heavy (non-hydrogen) atoms. The molecule has 1 aliphatic carbocycles. The van der Waals surface area contributed by atoms with Gasteiger partial charge >= 0.3 is 5.97 Å². The standard InChI is InChI=1S/C33H42Cl2N2O6/c1-32(2,3)43-28(39)16-17-33(31(40)36-21-22-8-5-4-6-9-22)29(26-15-12-24(34)20-27(26)35)42-30(37-33)23-10-13-25(14-11-23)41-19-7-18-38/h10-15,20,22,29,38H,4-9,16-19,21H2,1-3H3,(H,36,40)/t29-,33-/m1/s1. The normalized spacial score (nSPS) is 20.7. The fourth-order valence-corrected chi connectivity index (χ4v) is 6.04. The number of carbonyl (C=O) groups is 2. The molecule has 2 aromatic carbocycles. The van der Waals surface area contributed by atoms with Crippen LogP contribution in [0.1, 0.15) is 89.4 Å². The first-order chi connectivity index (χ1) is 20.5. The Morgan fingerprint density at radius 2 is 1.81 bits per heavy atom. The molecule has 0 bridgehead atoms. The summed E-state index contributed by atoms with van der Waals surface area (Å²) in [5.41, 5.74) is -0.975. The Morgan fingerprint density at radius 1 is 1.09 bits per heavy atom. The van der Waals surface area contributed by atoms with E-state index in [0.717, 1.165) is 25.7 Å². The summed E-state index contributed by atoms with van der Waals surface area (Å²) in [6, 6.07) is 12.2. The van der Waals surface area contributed by atoms with E-state index < -0.39 is 23.2 Å². The lowest BCUT2D eigenvalue weighted by Gasteiger charge is -2.32. The number of hydrogen-bond acceptors (Lipinski definition) is 7. The van der Waals surface area contributed by atoms with Gasteiger partial charge in [-0.3, -0.25) is 9.59 Å². The van der Waals surface area contributed by atoms with Crippen LogP contribution in [0.3, 0.4) is 0 Å². The zero-order valence-electron chi connectivity index (χ0n) is 25.2. The van der Waals surface area contributed by atoms with Gasteiger partial charge in [-0.1, -0.05) is 48.5 Å². The Kier molecular flexibility index (Phi) is 11.4. The van der Waals surface area contributed by atoms with Gasteiger partial charge in [-0.15, -0.1) is 0 Å². The van der Waals surface area contributed by atoms with E-state index in [0.29, 0.717) is 52.4 Å². The summed E-state index contributed by atoms with van der Waals surface area (Å²) >= 11 is 12.9. The number of halogens is 2. The van der Waals surface area contributed by atoms with E-state index in [-0.39, 0.29) is 31.3 Å².